The van der Waals surface area contributed by atoms with E-state index in [2.05, 4.69) is 15.7 Å². The molecule has 116 valence electrons. The monoisotopic (exact) mass is 287 g/mol. The van der Waals surface area contributed by atoms with E-state index in [-0.39, 0.29) is 25.7 Å². The molecule has 0 fully saturated rings. The Bertz CT molecular complexity index is 379. The zero-order valence-electron chi connectivity index (χ0n) is 12.1. The van der Waals surface area contributed by atoms with E-state index in [4.69, 9.17) is 15.9 Å². The van der Waals surface area contributed by atoms with Gasteiger partial charge in [-0.25, -0.2) is 4.68 Å². The molecule has 8 nitrogen and oxygen atoms in total. The lowest BCUT2D eigenvalue weighted by atomic mass is 10.4. The Kier molecular flexibility index (Phi) is 10.5. The fourth-order valence-electron chi connectivity index (χ4n) is 1.36. The van der Waals surface area contributed by atoms with Crippen molar-refractivity contribution >= 4 is 11.7 Å². The summed E-state index contributed by atoms with van der Waals surface area (Å²) in [5.41, 5.74) is 5.65. The number of aliphatic hydroxyl groups excluding tert-OH is 2. The summed E-state index contributed by atoms with van der Waals surface area (Å²) in [5.74, 6) is 0.568. The molecule has 1 aromatic rings. The van der Waals surface area contributed by atoms with Crippen LogP contribution in [0.1, 0.15) is 12.6 Å². The summed E-state index contributed by atoms with van der Waals surface area (Å²) in [6.07, 6.45) is 0. The van der Waals surface area contributed by atoms with E-state index in [1.807, 2.05) is 19.9 Å². The molecule has 0 radical (unpaired) electrons. The molecule has 0 bridgehead atoms. The molecule has 0 unspecified atom stereocenters. The normalized spacial score (nSPS) is 9.85. The minimum Gasteiger partial charge on any atom is -0.395 e. The molecule has 0 saturated carbocycles. The van der Waals surface area contributed by atoms with Crippen molar-refractivity contribution in [3.63, 3.8) is 0 Å². The number of carbonyl (C=O) groups excluding carboxylic acids is 1. The van der Waals surface area contributed by atoms with E-state index in [0.717, 1.165) is 5.69 Å². The second kappa shape index (κ2) is 11.4. The highest BCUT2D eigenvalue weighted by Gasteiger charge is 2.07. The molecule has 1 rings (SSSR count). The first-order chi connectivity index (χ1) is 9.58. The van der Waals surface area contributed by atoms with Crippen LogP contribution in [0.3, 0.4) is 0 Å². The van der Waals surface area contributed by atoms with Crippen molar-refractivity contribution in [2.75, 3.05) is 38.2 Å². The van der Waals surface area contributed by atoms with Crippen LogP contribution < -0.4 is 16.4 Å². The zero-order chi connectivity index (χ0) is 15.4. The summed E-state index contributed by atoms with van der Waals surface area (Å²) in [4.78, 5) is 11.5. The van der Waals surface area contributed by atoms with Gasteiger partial charge in [0, 0.05) is 25.7 Å². The van der Waals surface area contributed by atoms with Gasteiger partial charge in [0.25, 0.3) is 0 Å². The van der Waals surface area contributed by atoms with E-state index in [1.54, 1.807) is 4.68 Å². The first kappa shape index (κ1) is 18.5. The molecule has 0 spiro atoms. The van der Waals surface area contributed by atoms with Crippen LogP contribution >= 0.6 is 0 Å². The SMILES string of the molecule is CCn1nc(C)cc1NC(=O)CNCCO.NCCO. The lowest BCUT2D eigenvalue weighted by Crippen LogP contribution is -2.30. The highest BCUT2D eigenvalue weighted by atomic mass is 16.3. The van der Waals surface area contributed by atoms with E-state index >= 15 is 0 Å². The first-order valence-corrected chi connectivity index (χ1v) is 6.55. The maximum atomic E-state index is 11.5. The molecule has 1 amide bonds. The largest absolute Gasteiger partial charge is 0.395 e. The highest BCUT2D eigenvalue weighted by molar-refractivity contribution is 5.91. The van der Waals surface area contributed by atoms with Gasteiger partial charge >= 0.3 is 0 Å². The fourth-order valence-corrected chi connectivity index (χ4v) is 1.36. The Hall–Kier alpha value is -1.48. The molecule has 0 aliphatic carbocycles. The third-order valence-electron chi connectivity index (χ3n) is 2.17. The van der Waals surface area contributed by atoms with Gasteiger partial charge in [0.05, 0.1) is 25.5 Å². The predicted octanol–water partition coefficient (Wildman–Crippen LogP) is -1.33. The van der Waals surface area contributed by atoms with Crippen LogP contribution in [0, 0.1) is 6.92 Å². The van der Waals surface area contributed by atoms with Gasteiger partial charge in [-0.3, -0.25) is 4.79 Å². The molecule has 1 aromatic heterocycles. The average molecular weight is 287 g/mol. The lowest BCUT2D eigenvalue weighted by molar-refractivity contribution is -0.115. The van der Waals surface area contributed by atoms with Crippen molar-refractivity contribution in [3.05, 3.63) is 11.8 Å². The molecule has 6 N–H and O–H groups in total. The highest BCUT2D eigenvalue weighted by Crippen LogP contribution is 2.09. The van der Waals surface area contributed by atoms with Gasteiger partial charge in [-0.1, -0.05) is 0 Å². The molecular weight excluding hydrogens is 262 g/mol. The van der Waals surface area contributed by atoms with E-state index in [1.165, 1.54) is 0 Å². The van der Waals surface area contributed by atoms with Crippen LogP contribution in [0.4, 0.5) is 5.82 Å². The maximum absolute atomic E-state index is 11.5. The number of aryl methyl sites for hydroxylation is 2. The smallest absolute Gasteiger partial charge is 0.239 e. The predicted molar refractivity (Wildman–Crippen MR) is 77.4 cm³/mol. The summed E-state index contributed by atoms with van der Waals surface area (Å²) in [6, 6.07) is 1.83. The third kappa shape index (κ3) is 7.85. The van der Waals surface area contributed by atoms with Gasteiger partial charge in [0.15, 0.2) is 0 Å². The molecule has 20 heavy (non-hydrogen) atoms. The number of anilines is 1. The van der Waals surface area contributed by atoms with E-state index in [9.17, 15) is 4.79 Å². The van der Waals surface area contributed by atoms with E-state index in [0.29, 0.717) is 25.5 Å². The number of nitrogens with one attached hydrogen (secondary N) is 2. The van der Waals surface area contributed by atoms with Gasteiger partial charge in [-0.2, -0.15) is 5.10 Å². The quantitative estimate of drug-likeness (QED) is 0.396. The van der Waals surface area contributed by atoms with Crippen LogP contribution in [0.5, 0.6) is 0 Å². The number of carbonyl (C=O) groups is 1. The topological polar surface area (TPSA) is 125 Å². The first-order valence-electron chi connectivity index (χ1n) is 6.55. The molecule has 1 heterocycles. The molecule has 0 atom stereocenters. The summed E-state index contributed by atoms with van der Waals surface area (Å²) >= 11 is 0. The van der Waals surface area contributed by atoms with Crippen molar-refractivity contribution in [1.82, 2.24) is 15.1 Å². The molecule has 8 heteroatoms. The molecule has 0 aliphatic rings. The lowest BCUT2D eigenvalue weighted by Gasteiger charge is -2.07. The van der Waals surface area contributed by atoms with Crippen LogP contribution in [0.15, 0.2) is 6.07 Å². The maximum Gasteiger partial charge on any atom is 0.239 e. The van der Waals surface area contributed by atoms with Gasteiger partial charge < -0.3 is 26.6 Å². The van der Waals surface area contributed by atoms with Crippen molar-refractivity contribution in [2.45, 2.75) is 20.4 Å². The number of aliphatic hydroxyl groups is 2. The Morgan fingerprint density at radius 2 is 2.10 bits per heavy atom. The number of nitrogens with zero attached hydrogens (tertiary/aromatic N) is 2. The number of rotatable bonds is 7. The molecule has 0 saturated heterocycles. The van der Waals surface area contributed by atoms with Gasteiger partial charge in [-0.05, 0) is 13.8 Å². The molecular formula is C12H25N5O3. The second-order valence-electron chi connectivity index (χ2n) is 3.95. The number of hydrogen-bond donors (Lipinski definition) is 5. The van der Waals surface area contributed by atoms with Crippen molar-refractivity contribution < 1.29 is 15.0 Å². The minimum absolute atomic E-state index is 0.0271. The number of aromatic nitrogens is 2. The number of hydrogen-bond acceptors (Lipinski definition) is 6. The number of amides is 1. The molecule has 0 aromatic carbocycles. The number of nitrogens with two attached hydrogens (primary N) is 1. The van der Waals surface area contributed by atoms with Crippen LogP contribution in [-0.4, -0.2) is 58.7 Å². The van der Waals surface area contributed by atoms with Gasteiger partial charge in [0.2, 0.25) is 5.91 Å². The summed E-state index contributed by atoms with van der Waals surface area (Å²) in [6.45, 7) is 5.67. The van der Waals surface area contributed by atoms with Crippen LogP contribution in [0.2, 0.25) is 0 Å². The van der Waals surface area contributed by atoms with Crippen molar-refractivity contribution in [3.8, 4) is 0 Å². The third-order valence-corrected chi connectivity index (χ3v) is 2.17. The van der Waals surface area contributed by atoms with Crippen molar-refractivity contribution in [1.29, 1.82) is 0 Å². The van der Waals surface area contributed by atoms with Gasteiger partial charge in [-0.15, -0.1) is 0 Å². The van der Waals surface area contributed by atoms with Crippen LogP contribution in [0.25, 0.3) is 0 Å². The zero-order valence-corrected chi connectivity index (χ0v) is 12.1. The Morgan fingerprint density at radius 1 is 1.45 bits per heavy atom. The fraction of sp³-hybridized carbons (Fsp3) is 0.667. The van der Waals surface area contributed by atoms with E-state index < -0.39 is 0 Å². The standard InChI is InChI=1S/C10H18N4O2.C2H7NO/c1-3-14-9(6-8(2)13-14)12-10(16)7-11-4-5-15;3-1-2-4/h6,11,15H,3-5,7H2,1-2H3,(H,12,16);4H,1-3H2. The average Bonchev–Trinajstić information content (AvgIpc) is 2.79. The summed E-state index contributed by atoms with van der Waals surface area (Å²) < 4.78 is 1.74. The second-order valence-corrected chi connectivity index (χ2v) is 3.95. The summed E-state index contributed by atoms with van der Waals surface area (Å²) in [5, 5.41) is 26.1. The Morgan fingerprint density at radius 3 is 2.60 bits per heavy atom. The summed E-state index contributed by atoms with van der Waals surface area (Å²) in [7, 11) is 0. The van der Waals surface area contributed by atoms with Crippen LogP contribution in [-0.2, 0) is 11.3 Å². The minimum atomic E-state index is -0.136. The van der Waals surface area contributed by atoms with Crippen molar-refractivity contribution in [2.24, 2.45) is 5.73 Å². The van der Waals surface area contributed by atoms with Gasteiger partial charge in [0.1, 0.15) is 5.82 Å². The Balaban J connectivity index is 0.000000796. The molecule has 0 aliphatic heterocycles. The Labute approximate surface area is 119 Å².